The molecule has 0 bridgehead atoms. The molecule has 0 spiro atoms. The van der Waals surface area contributed by atoms with Crippen molar-refractivity contribution in [2.75, 3.05) is 5.32 Å². The molecule has 0 radical (unpaired) electrons. The Bertz CT molecular complexity index is 874. The maximum atomic E-state index is 12.1. The van der Waals surface area contributed by atoms with Gasteiger partial charge in [0.05, 0.1) is 22.9 Å². The fourth-order valence-electron chi connectivity index (χ4n) is 2.28. The molecule has 1 amide bonds. The molecule has 0 aliphatic carbocycles. The van der Waals surface area contributed by atoms with Crippen molar-refractivity contribution in [3.8, 4) is 10.6 Å². The monoisotopic (exact) mass is 393 g/mol. The van der Waals surface area contributed by atoms with Crippen LogP contribution in [0.5, 0.6) is 0 Å². The number of halogens is 1. The maximum Gasteiger partial charge on any atom is 0.226 e. The van der Waals surface area contributed by atoms with E-state index in [4.69, 9.17) is 11.6 Å². The smallest absolute Gasteiger partial charge is 0.226 e. The largest absolute Gasteiger partial charge is 0.389 e. The number of hydrogen-bond acceptors (Lipinski definition) is 6. The van der Waals surface area contributed by atoms with Crippen molar-refractivity contribution in [3.05, 3.63) is 50.9 Å². The molecule has 0 atom stereocenters. The molecule has 2 heterocycles. The second kappa shape index (κ2) is 8.05. The summed E-state index contributed by atoms with van der Waals surface area (Å²) in [5, 5.41) is 15.8. The maximum absolute atomic E-state index is 12.1. The molecule has 2 aromatic heterocycles. The minimum absolute atomic E-state index is 0.0760. The van der Waals surface area contributed by atoms with Gasteiger partial charge in [-0.1, -0.05) is 23.7 Å². The van der Waals surface area contributed by atoms with Crippen LogP contribution in [0.15, 0.2) is 29.6 Å². The highest BCUT2D eigenvalue weighted by Crippen LogP contribution is 2.32. The number of rotatable bonds is 6. The summed E-state index contributed by atoms with van der Waals surface area (Å²) in [6, 6.07) is 7.48. The quantitative estimate of drug-likeness (QED) is 0.655. The number of anilines is 1. The summed E-state index contributed by atoms with van der Waals surface area (Å²) in [6.07, 6.45) is 1.03. The molecule has 3 rings (SSSR count). The summed E-state index contributed by atoms with van der Waals surface area (Å²) in [6.45, 7) is 1.80. The molecule has 0 unspecified atom stereocenters. The molecule has 25 heavy (non-hydrogen) atoms. The normalized spacial score (nSPS) is 10.8. The lowest BCUT2D eigenvalue weighted by Gasteiger charge is -2.02. The van der Waals surface area contributed by atoms with E-state index in [9.17, 15) is 9.90 Å². The van der Waals surface area contributed by atoms with E-state index in [-0.39, 0.29) is 12.5 Å². The number of aryl methyl sites for hydroxylation is 2. The summed E-state index contributed by atoms with van der Waals surface area (Å²) in [4.78, 5) is 21.8. The topological polar surface area (TPSA) is 75.1 Å². The van der Waals surface area contributed by atoms with Gasteiger partial charge in [-0.3, -0.25) is 4.79 Å². The highest BCUT2D eigenvalue weighted by molar-refractivity contribution is 7.17. The number of benzene rings is 1. The Morgan fingerprint density at radius 2 is 2.04 bits per heavy atom. The van der Waals surface area contributed by atoms with Gasteiger partial charge in [0.25, 0.3) is 0 Å². The predicted molar refractivity (Wildman–Crippen MR) is 102 cm³/mol. The number of amides is 1. The molecule has 130 valence electrons. The van der Waals surface area contributed by atoms with E-state index < -0.39 is 0 Å². The summed E-state index contributed by atoms with van der Waals surface area (Å²) in [7, 11) is 0. The van der Waals surface area contributed by atoms with Crippen molar-refractivity contribution >= 4 is 45.3 Å². The van der Waals surface area contributed by atoms with Crippen LogP contribution < -0.4 is 5.32 Å². The van der Waals surface area contributed by atoms with Gasteiger partial charge in [0.1, 0.15) is 5.01 Å². The van der Waals surface area contributed by atoms with E-state index in [1.807, 2.05) is 36.6 Å². The van der Waals surface area contributed by atoms with Gasteiger partial charge in [0.2, 0.25) is 5.91 Å². The molecule has 0 aliphatic heterocycles. The summed E-state index contributed by atoms with van der Waals surface area (Å²) >= 11 is 8.64. The third kappa shape index (κ3) is 4.64. The van der Waals surface area contributed by atoms with Crippen molar-refractivity contribution < 1.29 is 9.90 Å². The number of hydrogen-bond donors (Lipinski definition) is 2. The molecular formula is C17H16ClN3O2S2. The van der Waals surface area contributed by atoms with Crippen molar-refractivity contribution in [2.24, 2.45) is 0 Å². The van der Waals surface area contributed by atoms with Gasteiger partial charge >= 0.3 is 0 Å². The van der Waals surface area contributed by atoms with Crippen molar-refractivity contribution in [1.29, 1.82) is 0 Å². The number of nitrogens with zero attached hydrogens (tertiary/aromatic N) is 2. The van der Waals surface area contributed by atoms with Gasteiger partial charge in [-0.15, -0.1) is 22.7 Å². The van der Waals surface area contributed by atoms with Gasteiger partial charge in [0, 0.05) is 16.8 Å². The van der Waals surface area contributed by atoms with Gasteiger partial charge in [-0.05, 0) is 31.0 Å². The first-order valence-electron chi connectivity index (χ1n) is 7.62. The van der Waals surface area contributed by atoms with Gasteiger partial charge in [0.15, 0.2) is 5.13 Å². The zero-order valence-corrected chi connectivity index (χ0v) is 15.8. The van der Waals surface area contributed by atoms with Crippen LogP contribution >= 0.6 is 34.3 Å². The van der Waals surface area contributed by atoms with E-state index in [1.165, 1.54) is 22.7 Å². The van der Waals surface area contributed by atoms with Crippen LogP contribution in [0, 0.1) is 6.92 Å². The molecule has 2 N–H and O–H groups in total. The number of nitrogens with one attached hydrogen (secondary N) is 1. The molecule has 0 aliphatic rings. The molecule has 0 fully saturated rings. The average molecular weight is 394 g/mol. The first-order chi connectivity index (χ1) is 12.0. The number of carbonyl (C=O) groups excluding carboxylic acids is 1. The number of aromatic nitrogens is 2. The standard InChI is InChI=1S/C17H16ClN3O2S2/c1-10-16(25-15(8-22)19-10)13-9-24-17(20-13)21-14(23)7-4-11-2-5-12(18)6-3-11/h2-3,5-6,9,22H,4,7-8H2,1H3,(H,20,21,23). The predicted octanol–water partition coefficient (Wildman–Crippen LogP) is 4.29. The zero-order valence-electron chi connectivity index (χ0n) is 13.5. The zero-order chi connectivity index (χ0) is 17.8. The fourth-order valence-corrected chi connectivity index (χ4v) is 4.09. The lowest BCUT2D eigenvalue weighted by molar-refractivity contribution is -0.116. The van der Waals surface area contributed by atoms with Crippen LogP contribution in [-0.4, -0.2) is 21.0 Å². The number of aliphatic hydroxyl groups is 1. The Hall–Kier alpha value is -1.80. The molecule has 8 heteroatoms. The van der Waals surface area contributed by atoms with Gasteiger partial charge < -0.3 is 10.4 Å². The van der Waals surface area contributed by atoms with Gasteiger partial charge in [-0.2, -0.15) is 0 Å². The molecule has 0 saturated carbocycles. The molecule has 3 aromatic rings. The van der Waals surface area contributed by atoms with Crippen LogP contribution in [0.1, 0.15) is 22.7 Å². The van der Waals surface area contributed by atoms with Crippen LogP contribution in [0.2, 0.25) is 5.02 Å². The van der Waals surface area contributed by atoms with E-state index in [0.29, 0.717) is 28.0 Å². The summed E-state index contributed by atoms with van der Waals surface area (Å²) < 4.78 is 0. The minimum Gasteiger partial charge on any atom is -0.389 e. The Morgan fingerprint density at radius 1 is 1.28 bits per heavy atom. The first-order valence-corrected chi connectivity index (χ1v) is 9.70. The Labute approximate surface area is 158 Å². The van der Waals surface area contributed by atoms with E-state index >= 15 is 0 Å². The first kappa shape index (κ1) is 18.0. The minimum atomic E-state index is -0.0794. The highest BCUT2D eigenvalue weighted by atomic mass is 35.5. The molecule has 0 saturated heterocycles. The molecule has 5 nitrogen and oxygen atoms in total. The van der Waals surface area contributed by atoms with Crippen LogP contribution in [-0.2, 0) is 17.8 Å². The number of carbonyl (C=O) groups is 1. The summed E-state index contributed by atoms with van der Waals surface area (Å²) in [5.74, 6) is -0.0760. The van der Waals surface area contributed by atoms with Gasteiger partial charge in [-0.25, -0.2) is 9.97 Å². The third-order valence-electron chi connectivity index (χ3n) is 3.51. The van der Waals surface area contributed by atoms with Crippen LogP contribution in [0.3, 0.4) is 0 Å². The SMILES string of the molecule is Cc1nc(CO)sc1-c1csc(NC(=O)CCc2ccc(Cl)cc2)n1. The van der Waals surface area contributed by atoms with Crippen LogP contribution in [0.25, 0.3) is 10.6 Å². The Kier molecular flexibility index (Phi) is 5.80. The highest BCUT2D eigenvalue weighted by Gasteiger charge is 2.14. The Morgan fingerprint density at radius 3 is 2.72 bits per heavy atom. The van der Waals surface area contributed by atoms with E-state index in [2.05, 4.69) is 15.3 Å². The number of aliphatic hydroxyl groups excluding tert-OH is 1. The lowest BCUT2D eigenvalue weighted by Crippen LogP contribution is -2.12. The van der Waals surface area contributed by atoms with Crippen molar-refractivity contribution in [2.45, 2.75) is 26.4 Å². The van der Waals surface area contributed by atoms with Crippen molar-refractivity contribution in [3.63, 3.8) is 0 Å². The molecule has 1 aromatic carbocycles. The lowest BCUT2D eigenvalue weighted by atomic mass is 10.1. The average Bonchev–Trinajstić information content (AvgIpc) is 3.20. The van der Waals surface area contributed by atoms with Crippen LogP contribution in [0.4, 0.5) is 5.13 Å². The molecular weight excluding hydrogens is 378 g/mol. The Balaban J connectivity index is 1.59. The third-order valence-corrected chi connectivity index (χ3v) is 5.69. The van der Waals surface area contributed by atoms with E-state index in [1.54, 1.807) is 0 Å². The number of thiazole rings is 2. The van der Waals surface area contributed by atoms with Crippen molar-refractivity contribution in [1.82, 2.24) is 9.97 Å². The second-order valence-corrected chi connectivity index (χ2v) is 7.77. The fraction of sp³-hybridized carbons (Fsp3) is 0.235. The van der Waals surface area contributed by atoms with E-state index in [0.717, 1.165) is 21.8 Å². The second-order valence-electron chi connectivity index (χ2n) is 5.39. The summed E-state index contributed by atoms with van der Waals surface area (Å²) in [5.41, 5.74) is 2.67.